The van der Waals surface area contributed by atoms with Gasteiger partial charge in [0, 0.05) is 25.7 Å². The third-order valence-electron chi connectivity index (χ3n) is 5.82. The van der Waals surface area contributed by atoms with E-state index >= 15 is 0 Å². The van der Waals surface area contributed by atoms with Gasteiger partial charge in [0.25, 0.3) is 0 Å². The molecule has 138 valence electrons. The molecule has 1 aromatic carbocycles. The number of benzene rings is 1. The van der Waals surface area contributed by atoms with Gasteiger partial charge in [-0.2, -0.15) is 13.2 Å². The predicted molar refractivity (Wildman–Crippen MR) is 90.4 cm³/mol. The number of hydrogen-bond donors (Lipinski definition) is 0. The molecule has 2 aliphatic rings. The lowest BCUT2D eigenvalue weighted by molar-refractivity contribution is -0.137. The van der Waals surface area contributed by atoms with Crippen LogP contribution in [0.15, 0.2) is 24.3 Å². The number of amides is 1. The van der Waals surface area contributed by atoms with Crippen molar-refractivity contribution in [2.45, 2.75) is 38.5 Å². The highest BCUT2D eigenvalue weighted by atomic mass is 35.5. The van der Waals surface area contributed by atoms with Crippen molar-refractivity contribution in [2.75, 3.05) is 20.1 Å². The Bertz CT molecular complexity index is 649. The van der Waals surface area contributed by atoms with Crippen LogP contribution in [0.3, 0.4) is 0 Å². The number of rotatable bonds is 3. The first-order valence-electron chi connectivity index (χ1n) is 8.39. The topological polar surface area (TPSA) is 23.6 Å². The van der Waals surface area contributed by atoms with Gasteiger partial charge >= 0.3 is 11.5 Å². The van der Waals surface area contributed by atoms with Crippen molar-refractivity contribution in [1.82, 2.24) is 9.80 Å². The van der Waals surface area contributed by atoms with Crippen LogP contribution < -0.4 is 0 Å². The van der Waals surface area contributed by atoms with Gasteiger partial charge in [0.15, 0.2) is 0 Å². The van der Waals surface area contributed by atoms with Gasteiger partial charge in [-0.1, -0.05) is 19.1 Å². The minimum absolute atomic E-state index is 0.0730. The second kappa shape index (κ2) is 6.47. The molecule has 1 aromatic rings. The van der Waals surface area contributed by atoms with Crippen LogP contribution in [0.1, 0.15) is 30.9 Å². The zero-order valence-corrected chi connectivity index (χ0v) is 15.1. The molecule has 0 N–H and O–H groups in total. The quantitative estimate of drug-likeness (QED) is 0.570. The summed E-state index contributed by atoms with van der Waals surface area (Å²) in [5, 5.41) is -0.384. The SMILES string of the molecule is CN(Cc1ccc(C(F)(F)F)cc1)[C@@H]1C[C@@H]2CN(C(=O)Cl)C[C@]2(C)C1. The molecule has 25 heavy (non-hydrogen) atoms. The molecule has 1 aliphatic heterocycles. The predicted octanol–water partition coefficient (Wildman–Crippen LogP) is 4.60. The monoisotopic (exact) mass is 374 g/mol. The Balaban J connectivity index is 1.60. The van der Waals surface area contributed by atoms with Crippen LogP contribution in [0.25, 0.3) is 0 Å². The first kappa shape index (κ1) is 18.5. The van der Waals surface area contributed by atoms with E-state index < -0.39 is 11.7 Å². The van der Waals surface area contributed by atoms with Crippen molar-refractivity contribution in [1.29, 1.82) is 0 Å². The zero-order valence-electron chi connectivity index (χ0n) is 14.3. The van der Waals surface area contributed by atoms with E-state index in [2.05, 4.69) is 11.8 Å². The molecule has 3 atom stereocenters. The van der Waals surface area contributed by atoms with Gasteiger partial charge in [0.05, 0.1) is 5.56 Å². The highest BCUT2D eigenvalue weighted by Crippen LogP contribution is 2.50. The summed E-state index contributed by atoms with van der Waals surface area (Å²) < 4.78 is 37.9. The molecule has 1 aliphatic carbocycles. The summed E-state index contributed by atoms with van der Waals surface area (Å²) in [7, 11) is 2.01. The molecule has 2 fully saturated rings. The summed E-state index contributed by atoms with van der Waals surface area (Å²) in [5.74, 6) is 0.426. The van der Waals surface area contributed by atoms with E-state index in [0.717, 1.165) is 30.5 Å². The van der Waals surface area contributed by atoms with Gasteiger partial charge in [-0.3, -0.25) is 9.69 Å². The molecular weight excluding hydrogens is 353 g/mol. The van der Waals surface area contributed by atoms with Gasteiger partial charge < -0.3 is 4.90 Å². The van der Waals surface area contributed by atoms with E-state index in [9.17, 15) is 18.0 Å². The Morgan fingerprint density at radius 1 is 1.36 bits per heavy atom. The maximum atomic E-state index is 12.6. The third-order valence-corrected chi connectivity index (χ3v) is 6.06. The Kier molecular flexibility index (Phi) is 4.79. The Hall–Kier alpha value is -1.27. The third kappa shape index (κ3) is 3.80. The summed E-state index contributed by atoms with van der Waals surface area (Å²) in [6.07, 6.45) is -2.35. The number of carbonyl (C=O) groups is 1. The molecule has 0 radical (unpaired) electrons. The van der Waals surface area contributed by atoms with Crippen molar-refractivity contribution in [3.8, 4) is 0 Å². The molecule has 7 heteroatoms. The van der Waals surface area contributed by atoms with Crippen LogP contribution in [0.5, 0.6) is 0 Å². The Morgan fingerprint density at radius 3 is 2.52 bits per heavy atom. The molecule has 0 bridgehead atoms. The lowest BCUT2D eigenvalue weighted by Crippen LogP contribution is -2.33. The lowest BCUT2D eigenvalue weighted by atomic mass is 9.83. The van der Waals surface area contributed by atoms with E-state index in [0.29, 0.717) is 31.6 Å². The normalized spacial score (nSPS) is 29.3. The van der Waals surface area contributed by atoms with Gasteiger partial charge in [0.1, 0.15) is 0 Å². The number of fused-ring (bicyclic) bond motifs is 1. The second-order valence-electron chi connectivity index (χ2n) is 7.69. The Morgan fingerprint density at radius 2 is 2.00 bits per heavy atom. The largest absolute Gasteiger partial charge is 0.416 e. The molecule has 1 saturated heterocycles. The summed E-state index contributed by atoms with van der Waals surface area (Å²) >= 11 is 5.61. The fraction of sp³-hybridized carbons (Fsp3) is 0.611. The van der Waals surface area contributed by atoms with E-state index in [1.165, 1.54) is 0 Å². The highest BCUT2D eigenvalue weighted by molar-refractivity contribution is 6.62. The fourth-order valence-electron chi connectivity index (χ4n) is 4.34. The van der Waals surface area contributed by atoms with E-state index in [-0.39, 0.29) is 10.8 Å². The summed E-state index contributed by atoms with van der Waals surface area (Å²) in [6.45, 7) is 4.20. The molecule has 3 nitrogen and oxygen atoms in total. The minimum atomic E-state index is -4.30. The number of hydrogen-bond acceptors (Lipinski definition) is 2. The van der Waals surface area contributed by atoms with Crippen molar-refractivity contribution < 1.29 is 18.0 Å². The molecule has 1 saturated carbocycles. The Labute approximate surface area is 150 Å². The lowest BCUT2D eigenvalue weighted by Gasteiger charge is -2.28. The standard InChI is InChI=1S/C18H22ClF3N2O/c1-17-8-15(7-14(17)10-24(11-17)16(19)25)23(2)9-12-3-5-13(6-4-12)18(20,21)22/h3-6,14-15H,7-11H2,1-2H3/t14-,15-,17+/m1/s1. The van der Waals surface area contributed by atoms with Crippen molar-refractivity contribution in [3.63, 3.8) is 0 Å². The molecule has 0 unspecified atom stereocenters. The number of halogens is 4. The molecule has 0 aromatic heterocycles. The molecule has 1 heterocycles. The summed E-state index contributed by atoms with van der Waals surface area (Å²) in [4.78, 5) is 15.3. The number of alkyl halides is 3. The molecule has 3 rings (SSSR count). The maximum absolute atomic E-state index is 12.6. The van der Waals surface area contributed by atoms with Crippen LogP contribution >= 0.6 is 11.6 Å². The van der Waals surface area contributed by atoms with Crippen molar-refractivity contribution >= 4 is 17.0 Å². The van der Waals surface area contributed by atoms with Crippen LogP contribution in [0.2, 0.25) is 0 Å². The minimum Gasteiger partial charge on any atom is -0.328 e. The number of nitrogens with zero attached hydrogens (tertiary/aromatic N) is 2. The van der Waals surface area contributed by atoms with Gasteiger partial charge in [0.2, 0.25) is 0 Å². The van der Waals surface area contributed by atoms with Crippen molar-refractivity contribution in [2.24, 2.45) is 11.3 Å². The maximum Gasteiger partial charge on any atom is 0.416 e. The zero-order chi connectivity index (χ0) is 18.4. The van der Waals surface area contributed by atoms with Gasteiger partial charge in [-0.05, 0) is 60.5 Å². The number of likely N-dealkylation sites (tertiary alicyclic amines) is 1. The molecule has 0 spiro atoms. The van der Waals surface area contributed by atoms with Gasteiger partial charge in [-0.25, -0.2) is 0 Å². The smallest absolute Gasteiger partial charge is 0.328 e. The van der Waals surface area contributed by atoms with Crippen LogP contribution in [0, 0.1) is 11.3 Å². The van der Waals surface area contributed by atoms with Crippen LogP contribution in [0.4, 0.5) is 18.0 Å². The number of carbonyl (C=O) groups excluding carboxylic acids is 1. The van der Waals surface area contributed by atoms with Gasteiger partial charge in [-0.15, -0.1) is 0 Å². The summed E-state index contributed by atoms with van der Waals surface area (Å²) in [6, 6.07) is 5.73. The fourth-order valence-corrected chi connectivity index (χ4v) is 4.47. The molecular formula is C18H22ClF3N2O. The first-order chi connectivity index (χ1) is 11.6. The second-order valence-corrected chi connectivity index (χ2v) is 8.01. The highest BCUT2D eigenvalue weighted by Gasteiger charge is 2.51. The van der Waals surface area contributed by atoms with E-state index in [4.69, 9.17) is 11.6 Å². The van der Waals surface area contributed by atoms with Crippen molar-refractivity contribution in [3.05, 3.63) is 35.4 Å². The molecule has 1 amide bonds. The average Bonchev–Trinajstić information content (AvgIpc) is 2.99. The first-order valence-corrected chi connectivity index (χ1v) is 8.77. The average molecular weight is 375 g/mol. The van der Waals surface area contributed by atoms with Crippen LogP contribution in [-0.2, 0) is 12.7 Å². The van der Waals surface area contributed by atoms with E-state index in [1.807, 2.05) is 7.05 Å². The van der Waals surface area contributed by atoms with E-state index in [1.54, 1.807) is 17.0 Å². The van der Waals surface area contributed by atoms with Crippen LogP contribution in [-0.4, -0.2) is 41.3 Å². The summed E-state index contributed by atoms with van der Waals surface area (Å²) in [5.41, 5.74) is 0.326.